The minimum Gasteiger partial charge on any atom is -0.326 e. The number of nitrogens with zero attached hydrogens (tertiary/aromatic N) is 1. The number of hydrogen-bond acceptors (Lipinski definition) is 2. The Morgan fingerprint density at radius 1 is 1.05 bits per heavy atom. The van der Waals surface area contributed by atoms with Gasteiger partial charge in [-0.15, -0.1) is 0 Å². The normalized spacial score (nSPS) is 10.8. The van der Waals surface area contributed by atoms with Crippen molar-refractivity contribution in [3.05, 3.63) is 65.9 Å². The second-order valence-electron chi connectivity index (χ2n) is 4.77. The molecule has 2 aromatic carbocycles. The predicted molar refractivity (Wildman–Crippen MR) is 79.8 cm³/mol. The van der Waals surface area contributed by atoms with Crippen molar-refractivity contribution >= 4 is 10.9 Å². The van der Waals surface area contributed by atoms with Gasteiger partial charge in [-0.05, 0) is 35.7 Å². The fourth-order valence-electron chi connectivity index (χ4n) is 2.39. The molecule has 19 heavy (non-hydrogen) atoms. The van der Waals surface area contributed by atoms with E-state index in [9.17, 15) is 0 Å². The Morgan fingerprint density at radius 2 is 1.89 bits per heavy atom. The Balaban J connectivity index is 2.13. The number of benzene rings is 2. The Kier molecular flexibility index (Phi) is 3.02. The lowest BCUT2D eigenvalue weighted by molar-refractivity contribution is 1.07. The first-order chi connectivity index (χ1) is 9.28. The van der Waals surface area contributed by atoms with Gasteiger partial charge in [0.1, 0.15) is 0 Å². The number of para-hydroxylation sites is 1. The fourth-order valence-corrected chi connectivity index (χ4v) is 2.39. The van der Waals surface area contributed by atoms with E-state index >= 15 is 0 Å². The maximum Gasteiger partial charge on any atom is 0.0702 e. The number of rotatable bonds is 2. The van der Waals surface area contributed by atoms with E-state index in [0.29, 0.717) is 6.54 Å². The van der Waals surface area contributed by atoms with E-state index in [1.54, 1.807) is 0 Å². The lowest BCUT2D eigenvalue weighted by Crippen LogP contribution is -1.97. The third-order valence-electron chi connectivity index (χ3n) is 3.43. The van der Waals surface area contributed by atoms with E-state index in [0.717, 1.165) is 16.6 Å². The highest BCUT2D eigenvalue weighted by atomic mass is 14.6. The third kappa shape index (κ3) is 2.23. The van der Waals surface area contributed by atoms with Crippen LogP contribution in [0.15, 0.2) is 54.7 Å². The van der Waals surface area contributed by atoms with Crippen LogP contribution in [-0.4, -0.2) is 4.98 Å². The zero-order chi connectivity index (χ0) is 13.2. The maximum absolute atomic E-state index is 5.67. The summed E-state index contributed by atoms with van der Waals surface area (Å²) in [7, 11) is 0. The first kappa shape index (κ1) is 11.9. The molecule has 0 saturated carbocycles. The fraction of sp³-hybridized carbons (Fsp3) is 0.118. The quantitative estimate of drug-likeness (QED) is 0.751. The number of fused-ring (bicyclic) bond motifs is 1. The van der Waals surface area contributed by atoms with Crippen LogP contribution in [0.2, 0.25) is 0 Å². The van der Waals surface area contributed by atoms with Crippen LogP contribution in [0, 0.1) is 6.92 Å². The molecule has 3 aromatic rings. The van der Waals surface area contributed by atoms with Crippen LogP contribution >= 0.6 is 0 Å². The number of hydrogen-bond donors (Lipinski definition) is 1. The van der Waals surface area contributed by atoms with E-state index in [-0.39, 0.29) is 0 Å². The molecular formula is C17H16N2. The van der Waals surface area contributed by atoms with Gasteiger partial charge in [-0.2, -0.15) is 0 Å². The van der Waals surface area contributed by atoms with Gasteiger partial charge in [0.05, 0.1) is 5.52 Å². The van der Waals surface area contributed by atoms with E-state index in [1.165, 1.54) is 16.5 Å². The molecular weight excluding hydrogens is 232 g/mol. The van der Waals surface area contributed by atoms with Crippen LogP contribution in [0.3, 0.4) is 0 Å². The van der Waals surface area contributed by atoms with Crippen molar-refractivity contribution in [2.75, 3.05) is 0 Å². The summed E-state index contributed by atoms with van der Waals surface area (Å²) < 4.78 is 0. The molecule has 1 heterocycles. The summed E-state index contributed by atoms with van der Waals surface area (Å²) in [6.07, 6.45) is 1.94. The minimum absolute atomic E-state index is 0.580. The van der Waals surface area contributed by atoms with Crippen molar-refractivity contribution in [2.24, 2.45) is 5.73 Å². The van der Waals surface area contributed by atoms with E-state index in [2.05, 4.69) is 42.2 Å². The molecule has 2 nitrogen and oxygen atoms in total. The van der Waals surface area contributed by atoms with Crippen molar-refractivity contribution < 1.29 is 0 Å². The Labute approximate surface area is 112 Å². The molecule has 3 rings (SSSR count). The molecule has 0 aliphatic carbocycles. The van der Waals surface area contributed by atoms with Gasteiger partial charge < -0.3 is 5.73 Å². The summed E-state index contributed by atoms with van der Waals surface area (Å²) in [5.74, 6) is 0. The van der Waals surface area contributed by atoms with Crippen molar-refractivity contribution in [1.82, 2.24) is 4.98 Å². The van der Waals surface area contributed by atoms with Crippen molar-refractivity contribution in [3.8, 4) is 11.1 Å². The lowest BCUT2D eigenvalue weighted by atomic mass is 9.98. The summed E-state index contributed by atoms with van der Waals surface area (Å²) >= 11 is 0. The second-order valence-corrected chi connectivity index (χ2v) is 4.77. The number of pyridine rings is 1. The van der Waals surface area contributed by atoms with E-state index in [4.69, 9.17) is 5.73 Å². The molecule has 0 aliphatic rings. The van der Waals surface area contributed by atoms with Crippen molar-refractivity contribution in [1.29, 1.82) is 0 Å². The van der Waals surface area contributed by atoms with Crippen LogP contribution in [-0.2, 0) is 6.54 Å². The van der Waals surface area contributed by atoms with Gasteiger partial charge in [-0.25, -0.2) is 0 Å². The highest BCUT2D eigenvalue weighted by molar-refractivity contribution is 5.84. The van der Waals surface area contributed by atoms with Gasteiger partial charge in [0, 0.05) is 23.7 Å². The molecule has 0 fully saturated rings. The smallest absolute Gasteiger partial charge is 0.0702 e. The van der Waals surface area contributed by atoms with Gasteiger partial charge >= 0.3 is 0 Å². The molecule has 94 valence electrons. The second kappa shape index (κ2) is 4.82. The average molecular weight is 248 g/mol. The number of nitrogens with two attached hydrogens (primary N) is 1. The summed E-state index contributed by atoms with van der Waals surface area (Å²) in [6, 6.07) is 16.7. The van der Waals surface area contributed by atoms with Crippen molar-refractivity contribution in [3.63, 3.8) is 0 Å². The Hall–Kier alpha value is -2.19. The SMILES string of the molecule is Cc1cc(CN)ccc1-c1cnc2ccccc2c1. The summed E-state index contributed by atoms with van der Waals surface area (Å²) in [6.45, 7) is 2.70. The third-order valence-corrected chi connectivity index (χ3v) is 3.43. The molecule has 0 amide bonds. The zero-order valence-electron chi connectivity index (χ0n) is 10.9. The molecule has 0 saturated heterocycles. The van der Waals surface area contributed by atoms with Crippen LogP contribution in [0.25, 0.3) is 22.0 Å². The van der Waals surface area contributed by atoms with Crippen LogP contribution in [0.1, 0.15) is 11.1 Å². The monoisotopic (exact) mass is 248 g/mol. The van der Waals surface area contributed by atoms with Crippen LogP contribution in [0.4, 0.5) is 0 Å². The molecule has 0 atom stereocenters. The highest BCUT2D eigenvalue weighted by Crippen LogP contribution is 2.26. The van der Waals surface area contributed by atoms with Gasteiger partial charge in [-0.1, -0.05) is 36.4 Å². The van der Waals surface area contributed by atoms with Crippen LogP contribution in [0.5, 0.6) is 0 Å². The lowest BCUT2D eigenvalue weighted by Gasteiger charge is -2.08. The summed E-state index contributed by atoms with van der Waals surface area (Å²) in [4.78, 5) is 4.52. The molecule has 0 unspecified atom stereocenters. The van der Waals surface area contributed by atoms with Gasteiger partial charge in [0.15, 0.2) is 0 Å². The number of aromatic nitrogens is 1. The molecule has 0 aliphatic heterocycles. The largest absolute Gasteiger partial charge is 0.326 e. The maximum atomic E-state index is 5.67. The number of aryl methyl sites for hydroxylation is 1. The predicted octanol–water partition coefficient (Wildman–Crippen LogP) is 3.67. The van der Waals surface area contributed by atoms with Crippen LogP contribution < -0.4 is 5.73 Å². The Bertz CT molecular complexity index is 732. The minimum atomic E-state index is 0.580. The van der Waals surface area contributed by atoms with E-state index < -0.39 is 0 Å². The molecule has 0 spiro atoms. The first-order valence-corrected chi connectivity index (χ1v) is 6.43. The van der Waals surface area contributed by atoms with Gasteiger partial charge in [0.25, 0.3) is 0 Å². The molecule has 1 aromatic heterocycles. The first-order valence-electron chi connectivity index (χ1n) is 6.43. The highest BCUT2D eigenvalue weighted by Gasteiger charge is 2.04. The summed E-state index contributed by atoms with van der Waals surface area (Å²) in [5, 5.41) is 1.17. The van der Waals surface area contributed by atoms with Gasteiger partial charge in [-0.3, -0.25) is 4.98 Å². The molecule has 0 bridgehead atoms. The summed E-state index contributed by atoms with van der Waals surface area (Å²) in [5.41, 5.74) is 11.5. The zero-order valence-corrected chi connectivity index (χ0v) is 10.9. The topological polar surface area (TPSA) is 38.9 Å². The van der Waals surface area contributed by atoms with Gasteiger partial charge in [0.2, 0.25) is 0 Å². The Morgan fingerprint density at radius 3 is 2.68 bits per heavy atom. The molecule has 0 radical (unpaired) electrons. The van der Waals surface area contributed by atoms with E-state index in [1.807, 2.05) is 24.4 Å². The standard InChI is InChI=1S/C17H16N2/c1-12-8-13(10-18)6-7-16(12)15-9-14-4-2-3-5-17(14)19-11-15/h2-9,11H,10,18H2,1H3. The average Bonchev–Trinajstić information content (AvgIpc) is 2.46. The van der Waals surface area contributed by atoms with Crippen molar-refractivity contribution in [2.45, 2.75) is 13.5 Å². The molecule has 2 heteroatoms. The molecule has 2 N–H and O–H groups in total.